The van der Waals surface area contributed by atoms with E-state index in [1.54, 1.807) is 23.5 Å². The molecule has 0 atom stereocenters. The molecule has 0 aliphatic rings. The first-order valence-corrected chi connectivity index (χ1v) is 9.29. The second-order valence-corrected chi connectivity index (χ2v) is 7.48. The van der Waals surface area contributed by atoms with Crippen molar-refractivity contribution in [3.8, 4) is 22.0 Å². The summed E-state index contributed by atoms with van der Waals surface area (Å²) in [6.45, 7) is 2.03. The molecule has 1 amide bonds. The maximum Gasteiger partial charge on any atom is 0.260 e. The first kappa shape index (κ1) is 18.1. The fourth-order valence-corrected chi connectivity index (χ4v) is 3.69. The fourth-order valence-electron chi connectivity index (χ4n) is 2.61. The van der Waals surface area contributed by atoms with Gasteiger partial charge in [0.1, 0.15) is 12.1 Å². The van der Waals surface area contributed by atoms with Crippen molar-refractivity contribution in [3.63, 3.8) is 0 Å². The number of benzene rings is 1. The smallest absolute Gasteiger partial charge is 0.260 e. The molecule has 0 bridgehead atoms. The molecule has 0 saturated heterocycles. The van der Waals surface area contributed by atoms with Crippen molar-refractivity contribution in [2.24, 2.45) is 0 Å². The second-order valence-electron chi connectivity index (χ2n) is 5.79. The Morgan fingerprint density at radius 1 is 1.32 bits per heavy atom. The molecule has 1 aromatic carbocycles. The average Bonchev–Trinajstić information content (AvgIpc) is 3.43. The van der Waals surface area contributed by atoms with Crippen LogP contribution in [0, 0.1) is 6.92 Å². The molecule has 0 unspecified atom stereocenters. The highest BCUT2D eigenvalue weighted by Crippen LogP contribution is 2.31. The standard InChI is InChI=1S/C17H14ClN7O2S/c1-9-3-4-15(28-9)12-6-16(22-21-12)20-17(26)10-5-11(18)13(7-14(10)27-2)25-8-19-23-24-25/h3-8H,1-2H3,(H2,20,21,22,26). The van der Waals surface area contributed by atoms with Crippen LogP contribution in [0.25, 0.3) is 16.3 Å². The molecule has 0 fully saturated rings. The van der Waals surface area contributed by atoms with Gasteiger partial charge >= 0.3 is 0 Å². The van der Waals surface area contributed by atoms with Crippen LogP contribution in [-0.4, -0.2) is 43.4 Å². The number of nitrogens with one attached hydrogen (secondary N) is 2. The maximum absolute atomic E-state index is 12.7. The van der Waals surface area contributed by atoms with E-state index in [2.05, 4.69) is 31.0 Å². The van der Waals surface area contributed by atoms with Crippen molar-refractivity contribution < 1.29 is 9.53 Å². The summed E-state index contributed by atoms with van der Waals surface area (Å²) in [7, 11) is 1.47. The molecule has 4 rings (SSSR count). The minimum Gasteiger partial charge on any atom is -0.496 e. The SMILES string of the molecule is COc1cc(-n2cnnn2)c(Cl)cc1C(=O)Nc1cc(-c2ccc(C)s2)[nH]n1. The molecule has 3 aromatic heterocycles. The molecule has 4 aromatic rings. The van der Waals surface area contributed by atoms with Gasteiger partial charge in [-0.15, -0.1) is 16.4 Å². The zero-order valence-electron chi connectivity index (χ0n) is 14.8. The number of ether oxygens (including phenoxy) is 1. The Bertz CT molecular complexity index is 1140. The second kappa shape index (κ2) is 7.41. The molecule has 0 radical (unpaired) electrons. The number of rotatable bonds is 5. The number of anilines is 1. The van der Waals surface area contributed by atoms with Crippen molar-refractivity contribution in [2.45, 2.75) is 6.92 Å². The number of tetrazole rings is 1. The summed E-state index contributed by atoms with van der Waals surface area (Å²) in [6, 6.07) is 8.89. The lowest BCUT2D eigenvalue weighted by molar-refractivity contribution is 0.102. The van der Waals surface area contributed by atoms with Crippen LogP contribution in [-0.2, 0) is 0 Å². The molecule has 0 saturated carbocycles. The van der Waals surface area contributed by atoms with E-state index in [1.165, 1.54) is 29.1 Å². The topological polar surface area (TPSA) is 111 Å². The van der Waals surface area contributed by atoms with Gasteiger partial charge in [0.05, 0.1) is 34.0 Å². The molecular formula is C17H14ClN7O2S. The average molecular weight is 416 g/mol. The number of carbonyl (C=O) groups excluding carboxylic acids is 1. The molecular weight excluding hydrogens is 402 g/mol. The summed E-state index contributed by atoms with van der Waals surface area (Å²) >= 11 is 7.95. The zero-order chi connectivity index (χ0) is 19.7. The Labute approximate surface area is 168 Å². The van der Waals surface area contributed by atoms with E-state index in [0.29, 0.717) is 22.3 Å². The highest BCUT2D eigenvalue weighted by molar-refractivity contribution is 7.15. The van der Waals surface area contributed by atoms with Crippen LogP contribution in [0.5, 0.6) is 5.75 Å². The number of hydrogen-bond acceptors (Lipinski definition) is 7. The van der Waals surface area contributed by atoms with Gasteiger partial charge in [-0.25, -0.2) is 0 Å². The molecule has 9 nitrogen and oxygen atoms in total. The van der Waals surface area contributed by atoms with E-state index in [1.807, 2.05) is 19.1 Å². The first-order chi connectivity index (χ1) is 13.5. The number of aromatic amines is 1. The quantitative estimate of drug-likeness (QED) is 0.517. The van der Waals surface area contributed by atoms with E-state index in [4.69, 9.17) is 16.3 Å². The Morgan fingerprint density at radius 3 is 2.86 bits per heavy atom. The summed E-state index contributed by atoms with van der Waals surface area (Å²) in [5, 5.41) is 21.1. The Kier molecular flexibility index (Phi) is 4.80. The number of hydrogen-bond donors (Lipinski definition) is 2. The summed E-state index contributed by atoms with van der Waals surface area (Å²) in [6.07, 6.45) is 1.40. The van der Waals surface area contributed by atoms with Crippen molar-refractivity contribution in [1.29, 1.82) is 0 Å². The van der Waals surface area contributed by atoms with Crippen LogP contribution in [0.15, 0.2) is 36.7 Å². The zero-order valence-corrected chi connectivity index (χ0v) is 16.4. The van der Waals surface area contributed by atoms with Crippen molar-refractivity contribution in [1.82, 2.24) is 30.4 Å². The number of nitrogens with zero attached hydrogens (tertiary/aromatic N) is 5. The third-order valence-corrected chi connectivity index (χ3v) is 5.27. The third-order valence-electron chi connectivity index (χ3n) is 3.93. The molecule has 0 aliphatic heterocycles. The van der Waals surface area contributed by atoms with Gasteiger partial charge in [-0.3, -0.25) is 9.89 Å². The van der Waals surface area contributed by atoms with Crippen LogP contribution in [0.4, 0.5) is 5.82 Å². The molecule has 0 spiro atoms. The number of H-pyrrole nitrogens is 1. The van der Waals surface area contributed by atoms with Gasteiger partial charge in [0.25, 0.3) is 5.91 Å². The highest BCUT2D eigenvalue weighted by atomic mass is 35.5. The number of methoxy groups -OCH3 is 1. The van der Waals surface area contributed by atoms with Gasteiger partial charge in [0.15, 0.2) is 5.82 Å². The number of thiophene rings is 1. The van der Waals surface area contributed by atoms with Crippen molar-refractivity contribution in [3.05, 3.63) is 52.1 Å². The van der Waals surface area contributed by atoms with E-state index in [0.717, 1.165) is 10.6 Å². The third kappa shape index (κ3) is 3.47. The van der Waals surface area contributed by atoms with E-state index >= 15 is 0 Å². The van der Waals surface area contributed by atoms with Gasteiger partial charge in [-0.2, -0.15) is 9.78 Å². The Balaban J connectivity index is 1.60. The van der Waals surface area contributed by atoms with Crippen LogP contribution in [0.3, 0.4) is 0 Å². The predicted octanol–water partition coefficient (Wildman–Crippen LogP) is 3.34. The van der Waals surface area contributed by atoms with Crippen LogP contribution in [0.2, 0.25) is 5.02 Å². The Morgan fingerprint density at radius 2 is 2.18 bits per heavy atom. The summed E-state index contributed by atoms with van der Waals surface area (Å²) in [4.78, 5) is 15.0. The van der Waals surface area contributed by atoms with Crippen LogP contribution >= 0.6 is 22.9 Å². The number of amides is 1. The highest BCUT2D eigenvalue weighted by Gasteiger charge is 2.18. The summed E-state index contributed by atoms with van der Waals surface area (Å²) in [5.74, 6) is 0.327. The number of halogens is 1. The lowest BCUT2D eigenvalue weighted by Crippen LogP contribution is -2.14. The predicted molar refractivity (Wildman–Crippen MR) is 105 cm³/mol. The number of aromatic nitrogens is 6. The van der Waals surface area contributed by atoms with E-state index in [-0.39, 0.29) is 5.56 Å². The van der Waals surface area contributed by atoms with Crippen LogP contribution < -0.4 is 10.1 Å². The van der Waals surface area contributed by atoms with Gasteiger partial charge in [0.2, 0.25) is 0 Å². The molecule has 3 heterocycles. The fraction of sp³-hybridized carbons (Fsp3) is 0.118. The van der Waals surface area contributed by atoms with Crippen molar-refractivity contribution in [2.75, 3.05) is 12.4 Å². The first-order valence-electron chi connectivity index (χ1n) is 8.09. The molecule has 142 valence electrons. The van der Waals surface area contributed by atoms with Gasteiger partial charge in [-0.05, 0) is 35.5 Å². The van der Waals surface area contributed by atoms with Crippen molar-refractivity contribution >= 4 is 34.7 Å². The van der Waals surface area contributed by atoms with E-state index < -0.39 is 5.91 Å². The monoisotopic (exact) mass is 415 g/mol. The molecule has 0 aliphatic carbocycles. The number of carbonyl (C=O) groups is 1. The summed E-state index contributed by atoms with van der Waals surface area (Å²) in [5.41, 5.74) is 1.59. The Hall–Kier alpha value is -3.24. The maximum atomic E-state index is 12.7. The normalized spacial score (nSPS) is 10.8. The van der Waals surface area contributed by atoms with Crippen LogP contribution in [0.1, 0.15) is 15.2 Å². The van der Waals surface area contributed by atoms with Gasteiger partial charge < -0.3 is 10.1 Å². The molecule has 2 N–H and O–H groups in total. The minimum absolute atomic E-state index is 0.265. The van der Waals surface area contributed by atoms with Gasteiger partial charge in [-0.1, -0.05) is 11.6 Å². The van der Waals surface area contributed by atoms with E-state index in [9.17, 15) is 4.79 Å². The molecule has 28 heavy (non-hydrogen) atoms. The van der Waals surface area contributed by atoms with Gasteiger partial charge in [0, 0.05) is 17.0 Å². The lowest BCUT2D eigenvalue weighted by atomic mass is 10.1. The number of aryl methyl sites for hydroxylation is 1. The molecule has 11 heteroatoms. The largest absolute Gasteiger partial charge is 0.496 e. The summed E-state index contributed by atoms with van der Waals surface area (Å²) < 4.78 is 6.73. The minimum atomic E-state index is -0.401. The lowest BCUT2D eigenvalue weighted by Gasteiger charge is -2.11.